The summed E-state index contributed by atoms with van der Waals surface area (Å²) in [6.07, 6.45) is 9.68. The molecule has 0 unspecified atom stereocenters. The van der Waals surface area contributed by atoms with E-state index in [1.165, 1.54) is 25.7 Å². The number of ketones is 1. The highest BCUT2D eigenvalue weighted by Gasteiger charge is 2.09. The van der Waals surface area contributed by atoms with Crippen LogP contribution in [0.5, 0.6) is 0 Å². The molecule has 0 radical (unpaired) electrons. The molecule has 0 bridgehead atoms. The molecule has 0 aromatic heterocycles. The van der Waals surface area contributed by atoms with Crippen molar-refractivity contribution in [3.8, 4) is 0 Å². The second kappa shape index (κ2) is 5.92. The number of carbonyl (C=O) groups is 1. The first kappa shape index (κ1) is 10.5. The lowest BCUT2D eigenvalue weighted by molar-refractivity contribution is -0.115. The molecule has 2 nitrogen and oxygen atoms in total. The molecule has 0 saturated heterocycles. The fourth-order valence-corrected chi connectivity index (χ4v) is 1.74. The van der Waals surface area contributed by atoms with Gasteiger partial charge in [-0.2, -0.15) is 0 Å². The summed E-state index contributed by atoms with van der Waals surface area (Å²) in [7, 11) is 0. The van der Waals surface area contributed by atoms with Crippen molar-refractivity contribution in [1.82, 2.24) is 0 Å². The molecule has 0 atom stereocenters. The van der Waals surface area contributed by atoms with Crippen molar-refractivity contribution in [3.05, 3.63) is 11.6 Å². The normalized spacial score (nSPS) is 18.7. The van der Waals surface area contributed by atoms with Gasteiger partial charge in [0.1, 0.15) is 0 Å². The zero-order valence-corrected chi connectivity index (χ0v) is 8.22. The molecule has 0 aliphatic heterocycles. The molecule has 2 N–H and O–H groups in total. The topological polar surface area (TPSA) is 43.1 Å². The molecule has 13 heavy (non-hydrogen) atoms. The SMILES string of the molecule is NCCC(=O)C1=CCCCCCC1. The molecule has 1 aliphatic carbocycles. The van der Waals surface area contributed by atoms with Gasteiger partial charge in [-0.1, -0.05) is 18.9 Å². The third-order valence-electron chi connectivity index (χ3n) is 2.52. The molecule has 0 amide bonds. The Kier molecular flexibility index (Phi) is 4.76. The third kappa shape index (κ3) is 3.73. The molecule has 0 spiro atoms. The van der Waals surface area contributed by atoms with Crippen LogP contribution in [-0.4, -0.2) is 12.3 Å². The Morgan fingerprint density at radius 3 is 2.85 bits per heavy atom. The van der Waals surface area contributed by atoms with E-state index in [1.807, 2.05) is 0 Å². The summed E-state index contributed by atoms with van der Waals surface area (Å²) >= 11 is 0. The summed E-state index contributed by atoms with van der Waals surface area (Å²) in [5, 5.41) is 0. The van der Waals surface area contributed by atoms with Crippen LogP contribution in [0.3, 0.4) is 0 Å². The first-order chi connectivity index (χ1) is 6.34. The Morgan fingerprint density at radius 2 is 2.08 bits per heavy atom. The van der Waals surface area contributed by atoms with Crippen molar-refractivity contribution in [3.63, 3.8) is 0 Å². The first-order valence-electron chi connectivity index (χ1n) is 5.27. The molecule has 0 aromatic carbocycles. The molecule has 1 aliphatic rings. The van der Waals surface area contributed by atoms with Crippen molar-refractivity contribution in [2.24, 2.45) is 5.73 Å². The summed E-state index contributed by atoms with van der Waals surface area (Å²) in [6, 6.07) is 0. The Balaban J connectivity index is 2.48. The molecule has 0 heterocycles. The van der Waals surface area contributed by atoms with Crippen LogP contribution >= 0.6 is 0 Å². The minimum atomic E-state index is 0.268. The highest BCUT2D eigenvalue weighted by atomic mass is 16.1. The van der Waals surface area contributed by atoms with Crippen LogP contribution in [0.2, 0.25) is 0 Å². The van der Waals surface area contributed by atoms with Gasteiger partial charge < -0.3 is 5.73 Å². The Morgan fingerprint density at radius 1 is 1.31 bits per heavy atom. The van der Waals surface area contributed by atoms with Gasteiger partial charge >= 0.3 is 0 Å². The predicted octanol–water partition coefficient (Wildman–Crippen LogP) is 2.18. The van der Waals surface area contributed by atoms with E-state index < -0.39 is 0 Å². The van der Waals surface area contributed by atoms with E-state index in [0.717, 1.165) is 18.4 Å². The van der Waals surface area contributed by atoms with Crippen LogP contribution in [-0.2, 0) is 4.79 Å². The number of hydrogen-bond donors (Lipinski definition) is 1. The van der Waals surface area contributed by atoms with Gasteiger partial charge in [0.25, 0.3) is 0 Å². The maximum Gasteiger partial charge on any atom is 0.159 e. The van der Waals surface area contributed by atoms with E-state index in [-0.39, 0.29) is 5.78 Å². The van der Waals surface area contributed by atoms with Gasteiger partial charge in [0.15, 0.2) is 5.78 Å². The van der Waals surface area contributed by atoms with Crippen LogP contribution in [0, 0.1) is 0 Å². The summed E-state index contributed by atoms with van der Waals surface area (Å²) in [5.41, 5.74) is 6.39. The van der Waals surface area contributed by atoms with Gasteiger partial charge in [0.05, 0.1) is 0 Å². The van der Waals surface area contributed by atoms with Gasteiger partial charge in [-0.05, 0) is 37.8 Å². The van der Waals surface area contributed by atoms with E-state index in [9.17, 15) is 4.79 Å². The van der Waals surface area contributed by atoms with Gasteiger partial charge in [0, 0.05) is 6.42 Å². The monoisotopic (exact) mass is 181 g/mol. The van der Waals surface area contributed by atoms with Gasteiger partial charge in [-0.25, -0.2) is 0 Å². The number of rotatable bonds is 3. The standard InChI is InChI=1S/C11H19NO/c12-9-8-11(13)10-6-4-2-1-3-5-7-10/h6H,1-5,7-9,12H2. The summed E-state index contributed by atoms with van der Waals surface area (Å²) in [4.78, 5) is 11.5. The van der Waals surface area contributed by atoms with Crippen molar-refractivity contribution >= 4 is 5.78 Å². The maximum absolute atomic E-state index is 11.5. The molecule has 74 valence electrons. The average Bonchev–Trinajstić information content (AvgIpc) is 2.03. The second-order valence-electron chi connectivity index (χ2n) is 3.64. The number of carbonyl (C=O) groups excluding carboxylic acids is 1. The molecule has 0 saturated carbocycles. The van der Waals surface area contributed by atoms with E-state index in [1.54, 1.807) is 0 Å². The van der Waals surface area contributed by atoms with Gasteiger partial charge in [-0.3, -0.25) is 4.79 Å². The minimum Gasteiger partial charge on any atom is -0.330 e. The first-order valence-corrected chi connectivity index (χ1v) is 5.27. The average molecular weight is 181 g/mol. The highest BCUT2D eigenvalue weighted by molar-refractivity contribution is 5.95. The zero-order valence-electron chi connectivity index (χ0n) is 8.22. The molecular weight excluding hydrogens is 162 g/mol. The van der Waals surface area contributed by atoms with E-state index in [2.05, 4.69) is 6.08 Å². The van der Waals surface area contributed by atoms with Crippen LogP contribution in [0.25, 0.3) is 0 Å². The van der Waals surface area contributed by atoms with Gasteiger partial charge in [-0.15, -0.1) is 0 Å². The Hall–Kier alpha value is -0.630. The lowest BCUT2D eigenvalue weighted by Crippen LogP contribution is -2.10. The number of Topliss-reactive ketones (excluding diaryl/α,β-unsaturated/α-hetero) is 1. The second-order valence-corrected chi connectivity index (χ2v) is 3.64. The lowest BCUT2D eigenvalue weighted by Gasteiger charge is -2.09. The summed E-state index contributed by atoms with van der Waals surface area (Å²) in [5.74, 6) is 0.268. The highest BCUT2D eigenvalue weighted by Crippen LogP contribution is 2.18. The zero-order chi connectivity index (χ0) is 9.52. The quantitative estimate of drug-likeness (QED) is 0.725. The smallest absolute Gasteiger partial charge is 0.159 e. The van der Waals surface area contributed by atoms with E-state index in [0.29, 0.717) is 13.0 Å². The van der Waals surface area contributed by atoms with E-state index in [4.69, 9.17) is 5.73 Å². The Labute approximate surface area is 80.2 Å². The third-order valence-corrected chi connectivity index (χ3v) is 2.52. The summed E-state index contributed by atoms with van der Waals surface area (Å²) < 4.78 is 0. The fourth-order valence-electron chi connectivity index (χ4n) is 1.74. The van der Waals surface area contributed by atoms with Crippen molar-refractivity contribution in [2.75, 3.05) is 6.54 Å². The molecule has 2 heteroatoms. The number of hydrogen-bond acceptors (Lipinski definition) is 2. The predicted molar refractivity (Wildman–Crippen MR) is 54.5 cm³/mol. The van der Waals surface area contributed by atoms with Crippen molar-refractivity contribution in [1.29, 1.82) is 0 Å². The van der Waals surface area contributed by atoms with Crippen molar-refractivity contribution in [2.45, 2.75) is 44.9 Å². The van der Waals surface area contributed by atoms with Crippen molar-refractivity contribution < 1.29 is 4.79 Å². The van der Waals surface area contributed by atoms with Gasteiger partial charge in [0.2, 0.25) is 0 Å². The lowest BCUT2D eigenvalue weighted by atomic mass is 9.96. The van der Waals surface area contributed by atoms with E-state index >= 15 is 0 Å². The summed E-state index contributed by atoms with van der Waals surface area (Å²) in [6.45, 7) is 0.482. The fraction of sp³-hybridized carbons (Fsp3) is 0.727. The van der Waals surface area contributed by atoms with Crippen LogP contribution in [0.4, 0.5) is 0 Å². The molecule has 1 rings (SSSR count). The van der Waals surface area contributed by atoms with Crippen LogP contribution in [0.1, 0.15) is 44.9 Å². The maximum atomic E-state index is 11.5. The van der Waals surface area contributed by atoms with Crippen LogP contribution in [0.15, 0.2) is 11.6 Å². The van der Waals surface area contributed by atoms with Crippen LogP contribution < -0.4 is 5.73 Å². The molecule has 0 aromatic rings. The molecular formula is C11H19NO. The number of allylic oxidation sites excluding steroid dienone is 2. The Bertz CT molecular complexity index is 196. The largest absolute Gasteiger partial charge is 0.330 e. The minimum absolute atomic E-state index is 0.268. The molecule has 0 fully saturated rings. The number of nitrogens with two attached hydrogens (primary N) is 1.